The van der Waals surface area contributed by atoms with Crippen LogP contribution >= 0.6 is 0 Å². The highest BCUT2D eigenvalue weighted by atomic mass is 15.1. The molecule has 1 aliphatic rings. The summed E-state index contributed by atoms with van der Waals surface area (Å²) in [6.07, 6.45) is 3.70. The van der Waals surface area contributed by atoms with Gasteiger partial charge in [0.15, 0.2) is 0 Å². The third-order valence-electron chi connectivity index (χ3n) is 2.65. The normalized spacial score (nSPS) is 29.2. The van der Waals surface area contributed by atoms with Crippen LogP contribution < -0.4 is 5.73 Å². The molecule has 2 N–H and O–H groups in total. The second-order valence-corrected chi connectivity index (χ2v) is 3.82. The minimum absolute atomic E-state index is 0.437. The summed E-state index contributed by atoms with van der Waals surface area (Å²) >= 11 is 0. The molecular formula is C9H20N2. The van der Waals surface area contributed by atoms with E-state index in [1.807, 2.05) is 0 Å². The monoisotopic (exact) mass is 156 g/mol. The molecule has 2 unspecified atom stereocenters. The summed E-state index contributed by atoms with van der Waals surface area (Å²) < 4.78 is 0. The molecule has 11 heavy (non-hydrogen) atoms. The first-order chi connectivity index (χ1) is 5.22. The summed E-state index contributed by atoms with van der Waals surface area (Å²) in [5, 5.41) is 0. The summed E-state index contributed by atoms with van der Waals surface area (Å²) in [7, 11) is 2.19. The van der Waals surface area contributed by atoms with E-state index in [0.29, 0.717) is 6.04 Å². The van der Waals surface area contributed by atoms with Gasteiger partial charge in [-0.15, -0.1) is 0 Å². The van der Waals surface area contributed by atoms with E-state index < -0.39 is 0 Å². The van der Waals surface area contributed by atoms with E-state index in [0.717, 1.165) is 12.3 Å². The zero-order valence-electron chi connectivity index (χ0n) is 7.71. The third kappa shape index (κ3) is 2.80. The molecule has 0 aromatic heterocycles. The first-order valence-corrected chi connectivity index (χ1v) is 4.66. The van der Waals surface area contributed by atoms with E-state index in [4.69, 9.17) is 5.73 Å². The lowest BCUT2D eigenvalue weighted by Crippen LogP contribution is -2.24. The number of hydrogen-bond acceptors (Lipinski definition) is 2. The van der Waals surface area contributed by atoms with Gasteiger partial charge in [-0.1, -0.05) is 6.92 Å². The van der Waals surface area contributed by atoms with Gasteiger partial charge in [-0.25, -0.2) is 0 Å². The van der Waals surface area contributed by atoms with Crippen LogP contribution in [-0.2, 0) is 0 Å². The predicted molar refractivity (Wildman–Crippen MR) is 48.5 cm³/mol. The predicted octanol–water partition coefficient (Wildman–Crippen LogP) is 1.07. The first-order valence-electron chi connectivity index (χ1n) is 4.66. The molecule has 1 fully saturated rings. The molecule has 0 aliphatic carbocycles. The molecule has 0 amide bonds. The standard InChI is InChI=1S/C9H20N2/c1-3-9(10)6-8-4-5-11(2)7-8/h8-9H,3-7,10H2,1-2H3. The number of rotatable bonds is 3. The highest BCUT2D eigenvalue weighted by molar-refractivity contribution is 4.76. The molecule has 1 heterocycles. The maximum Gasteiger partial charge on any atom is 0.00393 e. The van der Waals surface area contributed by atoms with Crippen LogP contribution in [0.1, 0.15) is 26.2 Å². The zero-order chi connectivity index (χ0) is 8.27. The van der Waals surface area contributed by atoms with Crippen molar-refractivity contribution in [2.24, 2.45) is 11.7 Å². The third-order valence-corrected chi connectivity index (χ3v) is 2.65. The van der Waals surface area contributed by atoms with E-state index in [1.54, 1.807) is 0 Å². The average molecular weight is 156 g/mol. The fourth-order valence-electron chi connectivity index (χ4n) is 1.81. The van der Waals surface area contributed by atoms with Crippen molar-refractivity contribution >= 4 is 0 Å². The minimum Gasteiger partial charge on any atom is -0.328 e. The van der Waals surface area contributed by atoms with Gasteiger partial charge in [0.1, 0.15) is 0 Å². The summed E-state index contributed by atoms with van der Waals surface area (Å²) in [4.78, 5) is 2.40. The van der Waals surface area contributed by atoms with Crippen LogP contribution in [0, 0.1) is 5.92 Å². The van der Waals surface area contributed by atoms with Crippen LogP contribution in [-0.4, -0.2) is 31.1 Å². The molecular weight excluding hydrogens is 136 g/mol. The van der Waals surface area contributed by atoms with E-state index in [-0.39, 0.29) is 0 Å². The maximum absolute atomic E-state index is 5.88. The van der Waals surface area contributed by atoms with Crippen molar-refractivity contribution in [2.45, 2.75) is 32.2 Å². The summed E-state index contributed by atoms with van der Waals surface area (Å²) in [6, 6.07) is 0.437. The van der Waals surface area contributed by atoms with Crippen molar-refractivity contribution in [1.29, 1.82) is 0 Å². The number of likely N-dealkylation sites (tertiary alicyclic amines) is 1. The van der Waals surface area contributed by atoms with Gasteiger partial charge in [0.25, 0.3) is 0 Å². The zero-order valence-corrected chi connectivity index (χ0v) is 7.71. The molecule has 2 atom stereocenters. The topological polar surface area (TPSA) is 29.3 Å². The molecule has 0 aromatic rings. The minimum atomic E-state index is 0.437. The van der Waals surface area contributed by atoms with E-state index in [2.05, 4.69) is 18.9 Å². The number of hydrogen-bond donors (Lipinski definition) is 1. The maximum atomic E-state index is 5.88. The smallest absolute Gasteiger partial charge is 0.00393 e. The van der Waals surface area contributed by atoms with Crippen molar-refractivity contribution in [1.82, 2.24) is 4.90 Å². The van der Waals surface area contributed by atoms with Crippen molar-refractivity contribution in [3.05, 3.63) is 0 Å². The largest absolute Gasteiger partial charge is 0.328 e. The van der Waals surface area contributed by atoms with Crippen LogP contribution in [0.5, 0.6) is 0 Å². The van der Waals surface area contributed by atoms with E-state index in [9.17, 15) is 0 Å². The molecule has 0 bridgehead atoms. The Balaban J connectivity index is 2.17. The second-order valence-electron chi connectivity index (χ2n) is 3.82. The van der Waals surface area contributed by atoms with Crippen LogP contribution in [0.25, 0.3) is 0 Å². The second kappa shape index (κ2) is 4.07. The van der Waals surface area contributed by atoms with Crippen LogP contribution in [0.15, 0.2) is 0 Å². The van der Waals surface area contributed by atoms with Crippen LogP contribution in [0.4, 0.5) is 0 Å². The van der Waals surface area contributed by atoms with Crippen LogP contribution in [0.2, 0.25) is 0 Å². The van der Waals surface area contributed by atoms with Gasteiger partial charge >= 0.3 is 0 Å². The lowest BCUT2D eigenvalue weighted by molar-refractivity contribution is 0.374. The molecule has 0 aromatic carbocycles. The van der Waals surface area contributed by atoms with Gasteiger partial charge in [-0.2, -0.15) is 0 Å². The van der Waals surface area contributed by atoms with Gasteiger partial charge in [0, 0.05) is 12.6 Å². The van der Waals surface area contributed by atoms with Gasteiger partial charge in [0.2, 0.25) is 0 Å². The highest BCUT2D eigenvalue weighted by Crippen LogP contribution is 2.19. The molecule has 0 spiro atoms. The Labute approximate surface area is 69.8 Å². The molecule has 2 nitrogen and oxygen atoms in total. The SMILES string of the molecule is CCC(N)CC1CCN(C)C1. The Kier molecular flexibility index (Phi) is 3.34. The van der Waals surface area contributed by atoms with Crippen molar-refractivity contribution in [3.8, 4) is 0 Å². The molecule has 1 saturated heterocycles. The summed E-state index contributed by atoms with van der Waals surface area (Å²) in [5.41, 5.74) is 5.88. The van der Waals surface area contributed by atoms with Gasteiger partial charge in [-0.3, -0.25) is 0 Å². The van der Waals surface area contributed by atoms with Gasteiger partial charge in [0.05, 0.1) is 0 Å². The van der Waals surface area contributed by atoms with E-state index >= 15 is 0 Å². The Morgan fingerprint density at radius 1 is 1.64 bits per heavy atom. The van der Waals surface area contributed by atoms with Crippen LogP contribution in [0.3, 0.4) is 0 Å². The molecule has 2 heteroatoms. The first kappa shape index (κ1) is 9.01. The van der Waals surface area contributed by atoms with Crippen molar-refractivity contribution in [2.75, 3.05) is 20.1 Å². The van der Waals surface area contributed by atoms with Crippen molar-refractivity contribution in [3.63, 3.8) is 0 Å². The van der Waals surface area contributed by atoms with Gasteiger partial charge < -0.3 is 10.6 Å². The Hall–Kier alpha value is -0.0800. The molecule has 0 radical (unpaired) electrons. The number of nitrogens with two attached hydrogens (primary N) is 1. The quantitative estimate of drug-likeness (QED) is 0.662. The fourth-order valence-corrected chi connectivity index (χ4v) is 1.81. The van der Waals surface area contributed by atoms with Gasteiger partial charge in [-0.05, 0) is 38.8 Å². The number of nitrogens with zero attached hydrogens (tertiary/aromatic N) is 1. The molecule has 66 valence electrons. The Bertz CT molecular complexity index is 114. The highest BCUT2D eigenvalue weighted by Gasteiger charge is 2.20. The Morgan fingerprint density at radius 2 is 2.36 bits per heavy atom. The summed E-state index contributed by atoms with van der Waals surface area (Å²) in [6.45, 7) is 4.69. The van der Waals surface area contributed by atoms with Crippen molar-refractivity contribution < 1.29 is 0 Å². The summed E-state index contributed by atoms with van der Waals surface area (Å²) in [5.74, 6) is 0.870. The van der Waals surface area contributed by atoms with E-state index in [1.165, 1.54) is 25.9 Å². The fraction of sp³-hybridized carbons (Fsp3) is 1.00. The lowest BCUT2D eigenvalue weighted by atomic mass is 9.98. The average Bonchev–Trinajstić information content (AvgIpc) is 2.35. The molecule has 1 aliphatic heterocycles. The Morgan fingerprint density at radius 3 is 2.82 bits per heavy atom. The molecule has 1 rings (SSSR count). The lowest BCUT2D eigenvalue weighted by Gasteiger charge is -2.14. The molecule has 0 saturated carbocycles.